The molecule has 0 bridgehead atoms. The minimum atomic E-state index is -4.80. The number of ether oxygens (including phenoxy) is 1. The van der Waals surface area contributed by atoms with Gasteiger partial charge in [0.25, 0.3) is 0 Å². The third-order valence-electron chi connectivity index (χ3n) is 5.33. The number of halogens is 3. The molecule has 1 aromatic heterocycles. The molecule has 4 rings (SSSR count). The van der Waals surface area contributed by atoms with Crippen LogP contribution in [0.25, 0.3) is 11.3 Å². The van der Waals surface area contributed by atoms with E-state index in [1.807, 2.05) is 6.07 Å². The Kier molecular flexibility index (Phi) is 5.86. The number of hydrogen-bond donors (Lipinski definition) is 1. The van der Waals surface area contributed by atoms with Crippen molar-refractivity contribution in [1.29, 1.82) is 0 Å². The lowest BCUT2D eigenvalue weighted by molar-refractivity contribution is -0.274. The maximum absolute atomic E-state index is 12.5. The molecule has 2 aromatic carbocycles. The van der Waals surface area contributed by atoms with Crippen LogP contribution in [-0.2, 0) is 0 Å². The lowest BCUT2D eigenvalue weighted by Gasteiger charge is -2.22. The Morgan fingerprint density at radius 2 is 1.94 bits per heavy atom. The highest BCUT2D eigenvalue weighted by atomic mass is 19.4. The van der Waals surface area contributed by atoms with E-state index >= 15 is 0 Å². The van der Waals surface area contributed by atoms with Crippen LogP contribution >= 0.6 is 0 Å². The molecule has 10 heteroatoms. The number of nitrogens with zero attached hydrogens (tertiary/aromatic N) is 3. The van der Waals surface area contributed by atoms with Gasteiger partial charge in [0.1, 0.15) is 5.75 Å². The van der Waals surface area contributed by atoms with Crippen molar-refractivity contribution in [3.63, 3.8) is 0 Å². The Bertz CT molecular complexity index is 1230. The van der Waals surface area contributed by atoms with E-state index in [4.69, 9.17) is 5.84 Å². The van der Waals surface area contributed by atoms with Crippen molar-refractivity contribution in [2.24, 2.45) is 11.0 Å². The number of nitroso groups, excluding NO2 is 1. The number of aromatic nitrogens is 1. The molecular weight excluding hydrogens is 437 g/mol. The molecule has 1 aliphatic carbocycles. The van der Waals surface area contributed by atoms with Crippen LogP contribution in [0, 0.1) is 11.8 Å². The van der Waals surface area contributed by atoms with E-state index in [-0.39, 0.29) is 11.3 Å². The molecule has 0 saturated heterocycles. The SMILES string of the molecule is Cc1cc(N(N)c2ccc(C3CC3)cc2C(=O)N=O)cnc1-c1cccc(OC(F)(F)F)c1. The number of hydrogen-bond acceptors (Lipinski definition) is 6. The first-order valence-corrected chi connectivity index (χ1v) is 10.1. The number of aryl methyl sites for hydroxylation is 1. The van der Waals surface area contributed by atoms with Gasteiger partial charge in [-0.1, -0.05) is 18.2 Å². The summed E-state index contributed by atoms with van der Waals surface area (Å²) in [6.07, 6.45) is -1.33. The summed E-state index contributed by atoms with van der Waals surface area (Å²) in [5.74, 6) is 5.34. The van der Waals surface area contributed by atoms with Crippen molar-refractivity contribution < 1.29 is 22.7 Å². The number of hydrazine groups is 1. The Morgan fingerprint density at radius 3 is 2.58 bits per heavy atom. The summed E-state index contributed by atoms with van der Waals surface area (Å²) in [5, 5.41) is 3.77. The first-order chi connectivity index (χ1) is 15.7. The van der Waals surface area contributed by atoms with Crippen molar-refractivity contribution in [1.82, 2.24) is 4.98 Å². The van der Waals surface area contributed by atoms with E-state index in [1.165, 1.54) is 29.4 Å². The number of amides is 1. The molecule has 1 amide bonds. The van der Waals surface area contributed by atoms with Gasteiger partial charge in [0, 0.05) is 10.7 Å². The van der Waals surface area contributed by atoms with Crippen LogP contribution < -0.4 is 15.6 Å². The molecule has 0 radical (unpaired) electrons. The van der Waals surface area contributed by atoms with Crippen LogP contribution in [0.3, 0.4) is 0 Å². The monoisotopic (exact) mass is 456 g/mol. The first kappa shape index (κ1) is 22.4. The average molecular weight is 456 g/mol. The lowest BCUT2D eigenvalue weighted by Crippen LogP contribution is -2.27. The molecule has 1 saturated carbocycles. The fraction of sp³-hybridized carbons (Fsp3) is 0.217. The zero-order chi connectivity index (χ0) is 23.8. The molecule has 170 valence electrons. The van der Waals surface area contributed by atoms with E-state index in [0.717, 1.165) is 18.4 Å². The molecule has 1 heterocycles. The smallest absolute Gasteiger partial charge is 0.406 e. The highest BCUT2D eigenvalue weighted by Crippen LogP contribution is 2.42. The van der Waals surface area contributed by atoms with Gasteiger partial charge in [-0.3, -0.25) is 14.8 Å². The molecule has 0 atom stereocenters. The fourth-order valence-electron chi connectivity index (χ4n) is 3.63. The molecule has 3 aromatic rings. The van der Waals surface area contributed by atoms with Crippen LogP contribution in [0.4, 0.5) is 24.5 Å². The number of carbonyl (C=O) groups excluding carboxylic acids is 1. The molecule has 7 nitrogen and oxygen atoms in total. The number of benzene rings is 2. The minimum absolute atomic E-state index is 0.0932. The average Bonchev–Trinajstić information content (AvgIpc) is 3.62. The predicted octanol–water partition coefficient (Wildman–Crippen LogP) is 5.75. The molecule has 2 N–H and O–H groups in total. The van der Waals surface area contributed by atoms with Gasteiger partial charge < -0.3 is 4.74 Å². The summed E-state index contributed by atoms with van der Waals surface area (Å²) < 4.78 is 41.6. The van der Waals surface area contributed by atoms with Gasteiger partial charge in [-0.05, 0) is 67.1 Å². The normalized spacial score (nSPS) is 13.5. The second-order valence-electron chi connectivity index (χ2n) is 7.75. The Labute approximate surface area is 186 Å². The van der Waals surface area contributed by atoms with Crippen molar-refractivity contribution in [2.75, 3.05) is 5.01 Å². The predicted molar refractivity (Wildman–Crippen MR) is 116 cm³/mol. The van der Waals surface area contributed by atoms with E-state index < -0.39 is 12.3 Å². The third kappa shape index (κ3) is 5.01. The Morgan fingerprint density at radius 1 is 1.18 bits per heavy atom. The van der Waals surface area contributed by atoms with Gasteiger partial charge in [-0.2, -0.15) is 0 Å². The molecule has 33 heavy (non-hydrogen) atoms. The molecular formula is C23H19F3N4O3. The molecule has 1 fully saturated rings. The first-order valence-electron chi connectivity index (χ1n) is 10.1. The quantitative estimate of drug-likeness (QED) is 0.288. The number of pyridine rings is 1. The highest BCUT2D eigenvalue weighted by Gasteiger charge is 2.31. The van der Waals surface area contributed by atoms with Gasteiger partial charge in [0.05, 0.1) is 28.8 Å². The van der Waals surface area contributed by atoms with Gasteiger partial charge >= 0.3 is 12.3 Å². The second-order valence-corrected chi connectivity index (χ2v) is 7.75. The summed E-state index contributed by atoms with van der Waals surface area (Å²) in [7, 11) is 0. The standard InChI is InChI=1S/C23H19F3N4O3/c1-13-9-17(12-28-21(13)16-3-2-4-18(10-16)33-23(24,25)26)30(27)20-8-7-15(14-5-6-14)11-19(20)22(31)29-32/h2-4,7-12,14H,5-6,27H2,1H3. The topological polar surface area (TPSA) is 97.9 Å². The van der Waals surface area contributed by atoms with Crippen LogP contribution in [0.5, 0.6) is 5.75 Å². The largest absolute Gasteiger partial charge is 0.573 e. The number of nitrogens with two attached hydrogens (primary N) is 1. The van der Waals surface area contributed by atoms with Crippen LogP contribution in [0.1, 0.15) is 40.2 Å². The molecule has 1 aliphatic rings. The van der Waals surface area contributed by atoms with E-state index in [9.17, 15) is 22.9 Å². The minimum Gasteiger partial charge on any atom is -0.406 e. The Hall–Kier alpha value is -3.79. The molecule has 0 aliphatic heterocycles. The Balaban J connectivity index is 1.66. The van der Waals surface area contributed by atoms with Crippen molar-refractivity contribution in [2.45, 2.75) is 32.0 Å². The van der Waals surface area contributed by atoms with E-state index in [2.05, 4.69) is 14.9 Å². The fourth-order valence-corrected chi connectivity index (χ4v) is 3.63. The van der Waals surface area contributed by atoms with Gasteiger partial charge in [0.15, 0.2) is 0 Å². The van der Waals surface area contributed by atoms with Crippen LogP contribution in [0.15, 0.2) is 59.9 Å². The van der Waals surface area contributed by atoms with E-state index in [1.54, 1.807) is 31.2 Å². The number of alkyl halides is 3. The number of anilines is 2. The van der Waals surface area contributed by atoms with Gasteiger partial charge in [-0.25, -0.2) is 5.84 Å². The highest BCUT2D eigenvalue weighted by molar-refractivity contribution is 6.01. The molecule has 0 unspecified atom stereocenters. The maximum Gasteiger partial charge on any atom is 0.573 e. The third-order valence-corrected chi connectivity index (χ3v) is 5.33. The lowest BCUT2D eigenvalue weighted by atomic mass is 10.0. The number of carbonyl (C=O) groups is 1. The zero-order valence-corrected chi connectivity index (χ0v) is 17.5. The zero-order valence-electron chi connectivity index (χ0n) is 17.5. The van der Waals surface area contributed by atoms with E-state index in [0.29, 0.717) is 34.1 Å². The summed E-state index contributed by atoms with van der Waals surface area (Å²) in [6.45, 7) is 1.73. The van der Waals surface area contributed by atoms with Crippen molar-refractivity contribution in [3.8, 4) is 17.0 Å². The summed E-state index contributed by atoms with van der Waals surface area (Å²) in [4.78, 5) is 27.4. The van der Waals surface area contributed by atoms with Crippen LogP contribution in [0.2, 0.25) is 0 Å². The van der Waals surface area contributed by atoms with Gasteiger partial charge in [-0.15, -0.1) is 18.1 Å². The summed E-state index contributed by atoms with van der Waals surface area (Å²) in [6, 6.07) is 12.3. The number of rotatable bonds is 6. The summed E-state index contributed by atoms with van der Waals surface area (Å²) in [5.41, 5.74) is 3.24. The second kappa shape index (κ2) is 8.62. The van der Waals surface area contributed by atoms with Crippen molar-refractivity contribution >= 4 is 17.3 Å². The maximum atomic E-state index is 12.5. The molecule has 0 spiro atoms. The summed E-state index contributed by atoms with van der Waals surface area (Å²) >= 11 is 0. The van der Waals surface area contributed by atoms with Crippen molar-refractivity contribution in [3.05, 3.63) is 76.3 Å². The van der Waals surface area contributed by atoms with Gasteiger partial charge in [0.2, 0.25) is 0 Å². The van der Waals surface area contributed by atoms with Crippen LogP contribution in [-0.4, -0.2) is 17.3 Å².